The van der Waals surface area contributed by atoms with Crippen LogP contribution in [0.3, 0.4) is 0 Å². The summed E-state index contributed by atoms with van der Waals surface area (Å²) in [5.74, 6) is 1.42. The van der Waals surface area contributed by atoms with Gasteiger partial charge in [0.05, 0.1) is 26.9 Å². The summed E-state index contributed by atoms with van der Waals surface area (Å²) in [6, 6.07) is 0. The van der Waals surface area contributed by atoms with Crippen LogP contribution in [-0.4, -0.2) is 39.1 Å². The third-order valence-corrected chi connectivity index (χ3v) is 2.32. The molecule has 4 heteroatoms. The fourth-order valence-electron chi connectivity index (χ4n) is 1.50. The fourth-order valence-corrected chi connectivity index (χ4v) is 1.50. The zero-order chi connectivity index (χ0) is 10.6. The molecule has 0 amide bonds. The van der Waals surface area contributed by atoms with E-state index in [-0.39, 0.29) is 12.7 Å². The first-order valence-corrected chi connectivity index (χ1v) is 4.42. The predicted octanol–water partition coefficient (Wildman–Crippen LogP) is 0.828. The van der Waals surface area contributed by atoms with Crippen LogP contribution in [0.15, 0.2) is 23.2 Å². The van der Waals surface area contributed by atoms with Gasteiger partial charge in [-0.15, -0.1) is 0 Å². The Morgan fingerprint density at radius 2 is 2.07 bits per heavy atom. The van der Waals surface area contributed by atoms with Crippen LogP contribution in [0.25, 0.3) is 0 Å². The highest BCUT2D eigenvalue weighted by atomic mass is 16.5. The van der Waals surface area contributed by atoms with Crippen LogP contribution >= 0.6 is 0 Å². The molecule has 0 aromatic rings. The van der Waals surface area contributed by atoms with E-state index >= 15 is 0 Å². The maximum atomic E-state index is 9.17. The molecule has 0 spiro atoms. The second-order valence-electron chi connectivity index (χ2n) is 2.99. The maximum Gasteiger partial charge on any atom is 0.126 e. The summed E-state index contributed by atoms with van der Waals surface area (Å²) in [4.78, 5) is 0. The summed E-state index contributed by atoms with van der Waals surface area (Å²) in [5, 5.41) is 9.17. The lowest BCUT2D eigenvalue weighted by molar-refractivity contribution is 0.0930. The van der Waals surface area contributed by atoms with Gasteiger partial charge in [-0.25, -0.2) is 0 Å². The SMILES string of the molecule is COC1=CC(OC)=C(CO)C(OC)C1. The molecule has 0 aromatic carbocycles. The Balaban J connectivity index is 2.97. The average molecular weight is 200 g/mol. The molecule has 0 aliphatic heterocycles. The Morgan fingerprint density at radius 1 is 1.36 bits per heavy atom. The van der Waals surface area contributed by atoms with Crippen molar-refractivity contribution in [2.24, 2.45) is 0 Å². The maximum absolute atomic E-state index is 9.17. The fraction of sp³-hybridized carbons (Fsp3) is 0.600. The highest BCUT2D eigenvalue weighted by Gasteiger charge is 2.24. The third-order valence-electron chi connectivity index (χ3n) is 2.32. The van der Waals surface area contributed by atoms with Gasteiger partial charge in [-0.05, 0) is 0 Å². The van der Waals surface area contributed by atoms with E-state index in [4.69, 9.17) is 19.3 Å². The van der Waals surface area contributed by atoms with Crippen molar-refractivity contribution in [1.82, 2.24) is 0 Å². The first-order valence-electron chi connectivity index (χ1n) is 4.42. The largest absolute Gasteiger partial charge is 0.501 e. The Hall–Kier alpha value is -1.00. The third kappa shape index (κ3) is 2.08. The molecule has 1 atom stereocenters. The smallest absolute Gasteiger partial charge is 0.126 e. The lowest BCUT2D eigenvalue weighted by Gasteiger charge is -2.24. The summed E-state index contributed by atoms with van der Waals surface area (Å²) in [6.07, 6.45) is 2.26. The minimum atomic E-state index is -0.158. The van der Waals surface area contributed by atoms with Gasteiger partial charge in [0, 0.05) is 25.2 Å². The second-order valence-corrected chi connectivity index (χ2v) is 2.99. The highest BCUT2D eigenvalue weighted by molar-refractivity contribution is 5.31. The molecule has 0 aromatic heterocycles. The summed E-state index contributed by atoms with van der Waals surface area (Å²) in [7, 11) is 4.77. The van der Waals surface area contributed by atoms with Gasteiger partial charge in [-0.2, -0.15) is 0 Å². The van der Waals surface area contributed by atoms with Crippen LogP contribution in [0.5, 0.6) is 0 Å². The normalized spacial score (nSPS) is 22.0. The standard InChI is InChI=1S/C10H16O4/c1-12-7-4-9(13-2)8(6-11)10(5-7)14-3/h4,10-11H,5-6H2,1-3H3. The molecule has 0 radical (unpaired) electrons. The highest BCUT2D eigenvalue weighted by Crippen LogP contribution is 2.26. The van der Waals surface area contributed by atoms with Gasteiger partial charge in [-0.3, -0.25) is 0 Å². The molecule has 80 valence electrons. The number of ether oxygens (including phenoxy) is 3. The quantitative estimate of drug-likeness (QED) is 0.730. The van der Waals surface area contributed by atoms with Gasteiger partial charge in [0.2, 0.25) is 0 Å². The number of aliphatic hydroxyl groups is 1. The van der Waals surface area contributed by atoms with Crippen molar-refractivity contribution in [2.75, 3.05) is 27.9 Å². The zero-order valence-corrected chi connectivity index (χ0v) is 8.74. The monoisotopic (exact) mass is 200 g/mol. The molecule has 0 bridgehead atoms. The van der Waals surface area contributed by atoms with Crippen LogP contribution in [-0.2, 0) is 14.2 Å². The van der Waals surface area contributed by atoms with Crippen LogP contribution in [0.4, 0.5) is 0 Å². The first kappa shape index (κ1) is 11.1. The molecule has 0 saturated heterocycles. The topological polar surface area (TPSA) is 47.9 Å². The molecule has 0 saturated carbocycles. The molecule has 1 N–H and O–H groups in total. The molecule has 1 unspecified atom stereocenters. The lowest BCUT2D eigenvalue weighted by atomic mass is 9.99. The Bertz CT molecular complexity index is 255. The van der Waals surface area contributed by atoms with Crippen LogP contribution in [0.1, 0.15) is 6.42 Å². The second kappa shape index (κ2) is 5.02. The van der Waals surface area contributed by atoms with E-state index in [2.05, 4.69) is 0 Å². The summed E-state index contributed by atoms with van der Waals surface area (Å²) in [5.41, 5.74) is 0.760. The van der Waals surface area contributed by atoms with Crippen LogP contribution in [0, 0.1) is 0 Å². The molecular formula is C10H16O4. The Morgan fingerprint density at radius 3 is 2.50 bits per heavy atom. The Kier molecular flexibility index (Phi) is 3.98. The van der Waals surface area contributed by atoms with Crippen molar-refractivity contribution in [1.29, 1.82) is 0 Å². The van der Waals surface area contributed by atoms with E-state index in [0.29, 0.717) is 12.2 Å². The summed E-state index contributed by atoms with van der Waals surface area (Å²) in [6.45, 7) is -0.0603. The number of hydrogen-bond donors (Lipinski definition) is 1. The summed E-state index contributed by atoms with van der Waals surface area (Å²) < 4.78 is 15.5. The average Bonchev–Trinajstić information content (AvgIpc) is 2.26. The van der Waals surface area contributed by atoms with Crippen molar-refractivity contribution in [3.05, 3.63) is 23.2 Å². The van der Waals surface area contributed by atoms with Gasteiger partial charge in [0.25, 0.3) is 0 Å². The lowest BCUT2D eigenvalue weighted by Crippen LogP contribution is -2.23. The summed E-state index contributed by atoms with van der Waals surface area (Å²) >= 11 is 0. The van der Waals surface area contributed by atoms with Crippen molar-refractivity contribution >= 4 is 0 Å². The number of aliphatic hydroxyl groups excluding tert-OH is 1. The molecule has 14 heavy (non-hydrogen) atoms. The minimum absolute atomic E-state index is 0.0603. The van der Waals surface area contributed by atoms with E-state index in [1.807, 2.05) is 0 Å². The molecule has 4 nitrogen and oxygen atoms in total. The van der Waals surface area contributed by atoms with Gasteiger partial charge in [0.1, 0.15) is 11.5 Å². The van der Waals surface area contributed by atoms with Crippen molar-refractivity contribution in [2.45, 2.75) is 12.5 Å². The van der Waals surface area contributed by atoms with Crippen molar-refractivity contribution in [3.8, 4) is 0 Å². The molecule has 0 heterocycles. The van der Waals surface area contributed by atoms with Gasteiger partial charge in [0.15, 0.2) is 0 Å². The molecule has 1 aliphatic carbocycles. The number of hydrogen-bond acceptors (Lipinski definition) is 4. The van der Waals surface area contributed by atoms with Crippen LogP contribution < -0.4 is 0 Å². The predicted molar refractivity (Wildman–Crippen MR) is 51.6 cm³/mol. The van der Waals surface area contributed by atoms with Gasteiger partial charge < -0.3 is 19.3 Å². The molecule has 0 fully saturated rings. The van der Waals surface area contributed by atoms with E-state index in [1.165, 1.54) is 0 Å². The molecular weight excluding hydrogens is 184 g/mol. The Labute approximate surface area is 83.8 Å². The van der Waals surface area contributed by atoms with Crippen molar-refractivity contribution < 1.29 is 19.3 Å². The minimum Gasteiger partial charge on any atom is -0.501 e. The zero-order valence-electron chi connectivity index (χ0n) is 8.74. The number of allylic oxidation sites excluding steroid dienone is 1. The van der Waals surface area contributed by atoms with Gasteiger partial charge in [-0.1, -0.05) is 0 Å². The van der Waals surface area contributed by atoms with E-state index in [9.17, 15) is 0 Å². The number of rotatable bonds is 4. The molecule has 1 rings (SSSR count). The van der Waals surface area contributed by atoms with Crippen LogP contribution in [0.2, 0.25) is 0 Å². The van der Waals surface area contributed by atoms with E-state index < -0.39 is 0 Å². The van der Waals surface area contributed by atoms with E-state index in [1.54, 1.807) is 27.4 Å². The van der Waals surface area contributed by atoms with Gasteiger partial charge >= 0.3 is 0 Å². The number of methoxy groups -OCH3 is 3. The first-order chi connectivity index (χ1) is 6.76. The van der Waals surface area contributed by atoms with Crippen molar-refractivity contribution in [3.63, 3.8) is 0 Å². The molecule has 1 aliphatic rings. The van der Waals surface area contributed by atoms with E-state index in [0.717, 1.165) is 11.3 Å².